The smallest absolute Gasteiger partial charge is 0.122 e. The topological polar surface area (TPSA) is 30.5 Å². The van der Waals surface area contributed by atoms with E-state index in [9.17, 15) is 0 Å². The van der Waals surface area contributed by atoms with Gasteiger partial charge in [-0.15, -0.1) is 0 Å². The number of rotatable bonds is 8. The molecule has 0 aliphatic carbocycles. The van der Waals surface area contributed by atoms with E-state index in [0.29, 0.717) is 12.1 Å². The summed E-state index contributed by atoms with van der Waals surface area (Å²) < 4.78 is 10.7. The van der Waals surface area contributed by atoms with Gasteiger partial charge in [-0.2, -0.15) is 0 Å². The Kier molecular flexibility index (Phi) is 6.71. The first-order chi connectivity index (χ1) is 9.10. The molecule has 1 aromatic rings. The zero-order valence-corrected chi connectivity index (χ0v) is 12.8. The number of hydrogen-bond donors (Lipinski definition) is 1. The minimum atomic E-state index is 0.351. The molecule has 3 heteroatoms. The summed E-state index contributed by atoms with van der Waals surface area (Å²) in [7, 11) is 3.38. The van der Waals surface area contributed by atoms with Gasteiger partial charge in [-0.3, -0.25) is 0 Å². The first-order valence-electron chi connectivity index (χ1n) is 7.09. The molecule has 0 fully saturated rings. The van der Waals surface area contributed by atoms with Crippen molar-refractivity contribution in [2.75, 3.05) is 14.2 Å². The second-order valence-electron chi connectivity index (χ2n) is 5.16. The summed E-state index contributed by atoms with van der Waals surface area (Å²) in [6.07, 6.45) is 3.55. The summed E-state index contributed by atoms with van der Waals surface area (Å²) >= 11 is 0. The maximum absolute atomic E-state index is 5.35. The van der Waals surface area contributed by atoms with Crippen molar-refractivity contribution < 1.29 is 9.47 Å². The van der Waals surface area contributed by atoms with Crippen LogP contribution in [0.1, 0.15) is 51.6 Å². The van der Waals surface area contributed by atoms with Crippen molar-refractivity contribution in [3.63, 3.8) is 0 Å². The van der Waals surface area contributed by atoms with Crippen molar-refractivity contribution in [2.24, 2.45) is 0 Å². The van der Waals surface area contributed by atoms with Crippen molar-refractivity contribution >= 4 is 0 Å². The van der Waals surface area contributed by atoms with E-state index < -0.39 is 0 Å². The van der Waals surface area contributed by atoms with Crippen molar-refractivity contribution in [1.82, 2.24) is 5.32 Å². The molecule has 0 radical (unpaired) electrons. The molecule has 1 aromatic carbocycles. The lowest BCUT2D eigenvalue weighted by atomic mass is 9.99. The second-order valence-corrected chi connectivity index (χ2v) is 5.16. The SMILES string of the molecule is CCCCC(NC(C)C)c1cc(OC)cc(OC)c1. The van der Waals surface area contributed by atoms with E-state index >= 15 is 0 Å². The number of nitrogens with one attached hydrogen (secondary N) is 1. The van der Waals surface area contributed by atoms with Gasteiger partial charge < -0.3 is 14.8 Å². The number of hydrogen-bond acceptors (Lipinski definition) is 3. The molecule has 3 nitrogen and oxygen atoms in total. The van der Waals surface area contributed by atoms with Crippen LogP contribution in [0, 0.1) is 0 Å². The first-order valence-corrected chi connectivity index (χ1v) is 7.09. The summed E-state index contributed by atoms with van der Waals surface area (Å²) in [4.78, 5) is 0. The van der Waals surface area contributed by atoms with Gasteiger partial charge in [-0.1, -0.05) is 33.6 Å². The van der Waals surface area contributed by atoms with Gasteiger partial charge in [-0.05, 0) is 24.1 Å². The Morgan fingerprint density at radius 1 is 1.05 bits per heavy atom. The average molecular weight is 265 g/mol. The van der Waals surface area contributed by atoms with E-state index in [1.807, 2.05) is 6.07 Å². The first kappa shape index (κ1) is 15.8. The van der Waals surface area contributed by atoms with Gasteiger partial charge in [0, 0.05) is 18.2 Å². The van der Waals surface area contributed by atoms with E-state index in [2.05, 4.69) is 38.2 Å². The van der Waals surface area contributed by atoms with E-state index in [-0.39, 0.29) is 0 Å². The van der Waals surface area contributed by atoms with Gasteiger partial charge >= 0.3 is 0 Å². The van der Waals surface area contributed by atoms with E-state index in [4.69, 9.17) is 9.47 Å². The Balaban J connectivity index is 2.98. The van der Waals surface area contributed by atoms with Gasteiger partial charge in [0.25, 0.3) is 0 Å². The molecule has 0 amide bonds. The van der Waals surface area contributed by atoms with E-state index in [1.165, 1.54) is 18.4 Å². The van der Waals surface area contributed by atoms with Crippen LogP contribution >= 0.6 is 0 Å². The molecule has 1 unspecified atom stereocenters. The summed E-state index contributed by atoms with van der Waals surface area (Å²) in [5.74, 6) is 1.70. The molecule has 1 rings (SSSR count). The fourth-order valence-corrected chi connectivity index (χ4v) is 2.19. The van der Waals surface area contributed by atoms with Crippen molar-refractivity contribution in [2.45, 2.75) is 52.1 Å². The Morgan fingerprint density at radius 2 is 1.63 bits per heavy atom. The monoisotopic (exact) mass is 265 g/mol. The molecule has 0 bridgehead atoms. The number of ether oxygens (including phenoxy) is 2. The Labute approximate surface area is 117 Å². The van der Waals surface area contributed by atoms with Crippen LogP contribution in [0.15, 0.2) is 18.2 Å². The zero-order valence-electron chi connectivity index (χ0n) is 12.8. The summed E-state index contributed by atoms with van der Waals surface area (Å²) in [5, 5.41) is 3.62. The number of methoxy groups -OCH3 is 2. The lowest BCUT2D eigenvalue weighted by Crippen LogP contribution is -2.28. The van der Waals surface area contributed by atoms with Gasteiger partial charge in [-0.25, -0.2) is 0 Å². The fourth-order valence-electron chi connectivity index (χ4n) is 2.19. The summed E-state index contributed by atoms with van der Waals surface area (Å²) in [6, 6.07) is 6.91. The highest BCUT2D eigenvalue weighted by atomic mass is 16.5. The quantitative estimate of drug-likeness (QED) is 0.772. The third kappa shape index (κ3) is 5.11. The van der Waals surface area contributed by atoms with Crippen molar-refractivity contribution in [1.29, 1.82) is 0 Å². The molecule has 0 spiro atoms. The maximum atomic E-state index is 5.35. The van der Waals surface area contributed by atoms with Crippen LogP contribution in [0.4, 0.5) is 0 Å². The minimum Gasteiger partial charge on any atom is -0.497 e. The number of unbranched alkanes of at least 4 members (excludes halogenated alkanes) is 1. The molecule has 0 saturated carbocycles. The molecule has 0 aromatic heterocycles. The highest BCUT2D eigenvalue weighted by molar-refractivity contribution is 5.39. The molecule has 0 heterocycles. The average Bonchev–Trinajstić information content (AvgIpc) is 2.42. The predicted octanol–water partition coefficient (Wildman–Crippen LogP) is 3.93. The van der Waals surface area contributed by atoms with Crippen molar-refractivity contribution in [3.05, 3.63) is 23.8 Å². The Hall–Kier alpha value is -1.22. The lowest BCUT2D eigenvalue weighted by Gasteiger charge is -2.22. The molecule has 0 aliphatic heterocycles. The highest BCUT2D eigenvalue weighted by Crippen LogP contribution is 2.29. The molecule has 19 heavy (non-hydrogen) atoms. The minimum absolute atomic E-state index is 0.351. The molecule has 1 atom stereocenters. The zero-order chi connectivity index (χ0) is 14.3. The number of benzene rings is 1. The van der Waals surface area contributed by atoms with Gasteiger partial charge in [0.1, 0.15) is 11.5 Å². The molecule has 0 aliphatic rings. The van der Waals surface area contributed by atoms with Crippen LogP contribution < -0.4 is 14.8 Å². The Bertz CT molecular complexity index is 355. The largest absolute Gasteiger partial charge is 0.497 e. The molecule has 108 valence electrons. The molecular formula is C16H27NO2. The normalized spacial score (nSPS) is 12.5. The fraction of sp³-hybridized carbons (Fsp3) is 0.625. The second kappa shape index (κ2) is 8.05. The van der Waals surface area contributed by atoms with E-state index in [1.54, 1.807) is 14.2 Å². The van der Waals surface area contributed by atoms with Crippen LogP contribution in [0.5, 0.6) is 11.5 Å². The van der Waals surface area contributed by atoms with Gasteiger partial charge in [0.2, 0.25) is 0 Å². The predicted molar refractivity (Wildman–Crippen MR) is 80.1 cm³/mol. The van der Waals surface area contributed by atoms with Crippen LogP contribution in [-0.4, -0.2) is 20.3 Å². The highest BCUT2D eigenvalue weighted by Gasteiger charge is 2.14. The Morgan fingerprint density at radius 3 is 2.05 bits per heavy atom. The van der Waals surface area contributed by atoms with Crippen LogP contribution in [-0.2, 0) is 0 Å². The van der Waals surface area contributed by atoms with Gasteiger partial charge in [0.15, 0.2) is 0 Å². The molecular weight excluding hydrogens is 238 g/mol. The standard InChI is InChI=1S/C16H27NO2/c1-6-7-8-16(17-12(2)3)13-9-14(18-4)11-15(10-13)19-5/h9-12,16-17H,6-8H2,1-5H3. The summed E-state index contributed by atoms with van der Waals surface area (Å²) in [5.41, 5.74) is 1.23. The summed E-state index contributed by atoms with van der Waals surface area (Å²) in [6.45, 7) is 6.57. The van der Waals surface area contributed by atoms with E-state index in [0.717, 1.165) is 17.9 Å². The van der Waals surface area contributed by atoms with Crippen LogP contribution in [0.2, 0.25) is 0 Å². The third-order valence-corrected chi connectivity index (χ3v) is 3.16. The van der Waals surface area contributed by atoms with Crippen molar-refractivity contribution in [3.8, 4) is 11.5 Å². The van der Waals surface area contributed by atoms with Crippen LogP contribution in [0.3, 0.4) is 0 Å². The van der Waals surface area contributed by atoms with Crippen LogP contribution in [0.25, 0.3) is 0 Å². The maximum Gasteiger partial charge on any atom is 0.122 e. The lowest BCUT2D eigenvalue weighted by molar-refractivity contribution is 0.387. The third-order valence-electron chi connectivity index (χ3n) is 3.16. The molecule has 1 N–H and O–H groups in total. The van der Waals surface area contributed by atoms with Gasteiger partial charge in [0.05, 0.1) is 14.2 Å². The molecule has 0 saturated heterocycles.